The molecule has 45 heavy (non-hydrogen) atoms. The number of carbonyl (C=O) groups is 2. The summed E-state index contributed by atoms with van der Waals surface area (Å²) >= 11 is 1.43. The molecule has 0 saturated carbocycles. The first-order valence-corrected chi connectivity index (χ1v) is 15.5. The fourth-order valence-electron chi connectivity index (χ4n) is 5.18. The molecule has 0 aliphatic carbocycles. The standard InChI is InChI=1S/C34H33N5O5S/c1-38(2)24-12-14-25(15-13-24)43-19-6-20-44-29-17-16-26(35-31(29)32(40)41)23-11-10-22-7-5-18-39(28(22)21-23)34(42)37-33-36-27-8-3-4-9-30(27)45-33/h3-4,8-17,21H,5-7,18-20H2,1-2H3,(H,40,41)(H,36,37,42). The average Bonchev–Trinajstić information content (AvgIpc) is 3.46. The van der Waals surface area contributed by atoms with Crippen LogP contribution < -0.4 is 24.6 Å². The Kier molecular flexibility index (Phi) is 8.79. The van der Waals surface area contributed by atoms with Crippen LogP contribution >= 0.6 is 11.3 Å². The van der Waals surface area contributed by atoms with Gasteiger partial charge in [-0.3, -0.25) is 10.2 Å². The first-order chi connectivity index (χ1) is 21.9. The van der Waals surface area contributed by atoms with Crippen molar-refractivity contribution in [3.8, 4) is 22.8 Å². The van der Waals surface area contributed by atoms with Gasteiger partial charge in [0.05, 0.1) is 29.1 Å². The topological polar surface area (TPSA) is 117 Å². The Labute approximate surface area is 264 Å². The number of nitrogens with zero attached hydrogens (tertiary/aromatic N) is 4. The summed E-state index contributed by atoms with van der Waals surface area (Å²) in [6.45, 7) is 1.25. The van der Waals surface area contributed by atoms with Gasteiger partial charge >= 0.3 is 12.0 Å². The number of hydrogen-bond donors (Lipinski definition) is 2. The number of hydrogen-bond acceptors (Lipinski definition) is 8. The zero-order valence-electron chi connectivity index (χ0n) is 25.0. The lowest BCUT2D eigenvalue weighted by molar-refractivity contribution is 0.0685. The van der Waals surface area contributed by atoms with E-state index in [1.165, 1.54) is 11.3 Å². The van der Waals surface area contributed by atoms with Gasteiger partial charge in [0.15, 0.2) is 16.6 Å². The van der Waals surface area contributed by atoms with Gasteiger partial charge < -0.3 is 19.5 Å². The number of aryl methyl sites for hydroxylation is 1. The number of aromatic carboxylic acids is 1. The van der Waals surface area contributed by atoms with Gasteiger partial charge in [0.1, 0.15) is 5.75 Å². The zero-order valence-corrected chi connectivity index (χ0v) is 25.8. The van der Waals surface area contributed by atoms with Crippen LogP contribution in [0.2, 0.25) is 0 Å². The predicted molar refractivity (Wildman–Crippen MR) is 177 cm³/mol. The largest absolute Gasteiger partial charge is 0.493 e. The van der Waals surface area contributed by atoms with Crippen molar-refractivity contribution in [2.45, 2.75) is 19.3 Å². The fourth-order valence-corrected chi connectivity index (χ4v) is 6.03. The molecule has 2 amide bonds. The second kappa shape index (κ2) is 13.2. The molecule has 1 aliphatic rings. The maximum Gasteiger partial charge on any atom is 0.358 e. The molecule has 0 unspecified atom stereocenters. The third kappa shape index (κ3) is 6.83. The van der Waals surface area contributed by atoms with Crippen LogP contribution in [0.25, 0.3) is 21.5 Å². The van der Waals surface area contributed by atoms with Gasteiger partial charge in [-0.2, -0.15) is 0 Å². The van der Waals surface area contributed by atoms with Crippen LogP contribution in [0.5, 0.6) is 11.5 Å². The Balaban J connectivity index is 1.12. The molecule has 2 aromatic heterocycles. The molecule has 11 heteroatoms. The summed E-state index contributed by atoms with van der Waals surface area (Å²) in [6.07, 6.45) is 2.24. The number of rotatable bonds is 10. The van der Waals surface area contributed by atoms with Crippen molar-refractivity contribution in [2.75, 3.05) is 49.0 Å². The van der Waals surface area contributed by atoms with Crippen molar-refractivity contribution in [1.82, 2.24) is 9.97 Å². The van der Waals surface area contributed by atoms with Crippen molar-refractivity contribution in [3.63, 3.8) is 0 Å². The van der Waals surface area contributed by atoms with Crippen molar-refractivity contribution in [1.29, 1.82) is 0 Å². The third-order valence-corrected chi connectivity index (χ3v) is 8.43. The second-order valence-corrected chi connectivity index (χ2v) is 11.8. The zero-order chi connectivity index (χ0) is 31.3. The highest BCUT2D eigenvalue weighted by atomic mass is 32.1. The van der Waals surface area contributed by atoms with Gasteiger partial charge in [0, 0.05) is 44.0 Å². The monoisotopic (exact) mass is 623 g/mol. The molecule has 3 aromatic carbocycles. The van der Waals surface area contributed by atoms with Gasteiger partial charge in [0.2, 0.25) is 0 Å². The number of thiazole rings is 1. The number of anilines is 3. The molecular weight excluding hydrogens is 590 g/mol. The number of fused-ring (bicyclic) bond motifs is 2. The maximum absolute atomic E-state index is 13.4. The number of nitrogens with one attached hydrogen (secondary N) is 1. The molecule has 0 saturated heterocycles. The number of carbonyl (C=O) groups excluding carboxylic acids is 1. The molecule has 5 aromatic rings. The Hall–Kier alpha value is -5.16. The van der Waals surface area contributed by atoms with Crippen molar-refractivity contribution >= 4 is 50.1 Å². The summed E-state index contributed by atoms with van der Waals surface area (Å²) < 4.78 is 12.6. The lowest BCUT2D eigenvalue weighted by atomic mass is 9.98. The molecule has 0 radical (unpaired) electrons. The van der Waals surface area contributed by atoms with E-state index in [9.17, 15) is 14.7 Å². The molecule has 0 atom stereocenters. The number of pyridine rings is 1. The molecule has 6 rings (SSSR count). The third-order valence-electron chi connectivity index (χ3n) is 7.48. The van der Waals surface area contributed by atoms with E-state index in [1.807, 2.05) is 85.7 Å². The SMILES string of the molecule is CN(C)c1ccc(OCCCOc2ccc(-c3ccc4c(c3)N(C(=O)Nc3nc5ccccc5s3)CCC4)nc2C(=O)O)cc1. The number of carboxylic acid groups (broad SMARTS) is 1. The smallest absolute Gasteiger partial charge is 0.358 e. The van der Waals surface area contributed by atoms with Gasteiger partial charge in [0.25, 0.3) is 0 Å². The number of ether oxygens (including phenoxy) is 2. The van der Waals surface area contributed by atoms with Crippen LogP contribution in [0.3, 0.4) is 0 Å². The molecule has 10 nitrogen and oxygen atoms in total. The molecule has 230 valence electrons. The lowest BCUT2D eigenvalue weighted by Gasteiger charge is -2.29. The van der Waals surface area contributed by atoms with Crippen LogP contribution in [0.15, 0.2) is 78.9 Å². The number of carboxylic acids is 1. The summed E-state index contributed by atoms with van der Waals surface area (Å²) in [5, 5.41) is 13.4. The number of urea groups is 1. The second-order valence-electron chi connectivity index (χ2n) is 10.8. The van der Waals surface area contributed by atoms with E-state index in [0.717, 1.165) is 45.7 Å². The highest BCUT2D eigenvalue weighted by Gasteiger charge is 2.25. The minimum absolute atomic E-state index is 0.171. The predicted octanol–water partition coefficient (Wildman–Crippen LogP) is 6.96. The molecule has 0 fully saturated rings. The first kappa shape index (κ1) is 29.9. The highest BCUT2D eigenvalue weighted by Crippen LogP contribution is 2.34. The average molecular weight is 624 g/mol. The fraction of sp³-hybridized carbons (Fsp3) is 0.235. The summed E-state index contributed by atoms with van der Waals surface area (Å²) in [7, 11) is 3.96. The molecule has 0 spiro atoms. The Morgan fingerprint density at radius 2 is 1.78 bits per heavy atom. The quantitative estimate of drug-likeness (QED) is 0.161. The van der Waals surface area contributed by atoms with Crippen LogP contribution in [0.4, 0.5) is 21.3 Å². The molecule has 3 heterocycles. The van der Waals surface area contributed by atoms with E-state index in [4.69, 9.17) is 9.47 Å². The van der Waals surface area contributed by atoms with Gasteiger partial charge in [-0.1, -0.05) is 35.6 Å². The minimum Gasteiger partial charge on any atom is -0.493 e. The number of benzene rings is 3. The molecule has 0 bridgehead atoms. The summed E-state index contributed by atoms with van der Waals surface area (Å²) in [5.74, 6) is -0.231. The van der Waals surface area contributed by atoms with Gasteiger partial charge in [-0.15, -0.1) is 0 Å². The summed E-state index contributed by atoms with van der Waals surface area (Å²) in [5.41, 5.74) is 4.75. The first-order valence-electron chi connectivity index (χ1n) is 14.7. The van der Waals surface area contributed by atoms with Crippen LogP contribution in [0.1, 0.15) is 28.9 Å². The van der Waals surface area contributed by atoms with Crippen LogP contribution in [0, 0.1) is 0 Å². The van der Waals surface area contributed by atoms with E-state index in [-0.39, 0.29) is 24.1 Å². The Morgan fingerprint density at radius 3 is 2.56 bits per heavy atom. The molecule has 1 aliphatic heterocycles. The van der Waals surface area contributed by atoms with Crippen molar-refractivity contribution in [2.24, 2.45) is 0 Å². The number of aromatic nitrogens is 2. The number of amides is 2. The maximum atomic E-state index is 13.4. The molecule has 2 N–H and O–H groups in total. The van der Waals surface area contributed by atoms with Gasteiger partial charge in [-0.05, 0) is 73.0 Å². The summed E-state index contributed by atoms with van der Waals surface area (Å²) in [4.78, 5) is 38.2. The molecular formula is C34H33N5O5S. The Bertz CT molecular complexity index is 1810. The van der Waals surface area contributed by atoms with Crippen molar-refractivity contribution < 1.29 is 24.2 Å². The minimum atomic E-state index is -1.18. The lowest BCUT2D eigenvalue weighted by Crippen LogP contribution is -2.38. The van der Waals surface area contributed by atoms with E-state index in [0.29, 0.717) is 36.0 Å². The normalized spacial score (nSPS) is 12.4. The Morgan fingerprint density at radius 1 is 0.978 bits per heavy atom. The van der Waals surface area contributed by atoms with E-state index < -0.39 is 5.97 Å². The van der Waals surface area contributed by atoms with E-state index in [2.05, 4.69) is 15.3 Å². The van der Waals surface area contributed by atoms with E-state index in [1.54, 1.807) is 17.0 Å². The van der Waals surface area contributed by atoms with Crippen molar-refractivity contribution in [3.05, 3.63) is 90.1 Å². The van der Waals surface area contributed by atoms with Crippen LogP contribution in [-0.2, 0) is 6.42 Å². The van der Waals surface area contributed by atoms with Gasteiger partial charge in [-0.25, -0.2) is 19.6 Å². The van der Waals surface area contributed by atoms with E-state index >= 15 is 0 Å². The van der Waals surface area contributed by atoms with Crippen LogP contribution in [-0.4, -0.2) is 60.9 Å². The summed E-state index contributed by atoms with van der Waals surface area (Å²) in [6, 6.07) is 24.4. The number of para-hydroxylation sites is 1. The highest BCUT2D eigenvalue weighted by molar-refractivity contribution is 7.22.